The van der Waals surface area contributed by atoms with Gasteiger partial charge in [0.15, 0.2) is 0 Å². The molecule has 2 aromatic carbocycles. The Kier molecular flexibility index (Phi) is 5.36. The topological polar surface area (TPSA) is 59.1 Å². The van der Waals surface area contributed by atoms with Crippen LogP contribution in [0.5, 0.6) is 5.75 Å². The van der Waals surface area contributed by atoms with Gasteiger partial charge in [-0.1, -0.05) is 24.3 Å². The Morgan fingerprint density at radius 2 is 1.72 bits per heavy atom. The molecule has 0 atom stereocenters. The largest absolute Gasteiger partial charge is 0.494 e. The first kappa shape index (κ1) is 19.2. The van der Waals surface area contributed by atoms with Crippen molar-refractivity contribution < 1.29 is 19.1 Å². The minimum absolute atomic E-state index is 0.286. The van der Waals surface area contributed by atoms with E-state index < -0.39 is 0 Å². The number of benzene rings is 2. The van der Waals surface area contributed by atoms with Gasteiger partial charge >= 0.3 is 0 Å². The minimum Gasteiger partial charge on any atom is -0.494 e. The zero-order valence-corrected chi connectivity index (χ0v) is 16.7. The van der Waals surface area contributed by atoms with Crippen molar-refractivity contribution in [1.82, 2.24) is 4.90 Å². The lowest BCUT2D eigenvalue weighted by atomic mass is 10.0. The van der Waals surface area contributed by atoms with Crippen molar-refractivity contribution in [2.45, 2.75) is 13.8 Å². The van der Waals surface area contributed by atoms with E-state index in [0.29, 0.717) is 55.4 Å². The third-order valence-electron chi connectivity index (χ3n) is 5.10. The van der Waals surface area contributed by atoms with Gasteiger partial charge in [0.1, 0.15) is 11.4 Å². The number of amides is 2. The van der Waals surface area contributed by atoms with Gasteiger partial charge in [0.05, 0.1) is 31.1 Å². The Bertz CT molecular complexity index is 959. The van der Waals surface area contributed by atoms with Gasteiger partial charge in [0, 0.05) is 13.1 Å². The summed E-state index contributed by atoms with van der Waals surface area (Å²) in [7, 11) is 0. The molecule has 2 amide bonds. The molecule has 0 aliphatic carbocycles. The van der Waals surface area contributed by atoms with Crippen LogP contribution in [-0.4, -0.2) is 49.6 Å². The van der Waals surface area contributed by atoms with Gasteiger partial charge in [-0.2, -0.15) is 0 Å². The van der Waals surface area contributed by atoms with Crippen LogP contribution >= 0.6 is 0 Å². The molecular formula is C23H24N2O4. The number of morpholine rings is 1. The molecule has 0 bridgehead atoms. The molecule has 0 aromatic heterocycles. The van der Waals surface area contributed by atoms with E-state index in [4.69, 9.17) is 9.47 Å². The van der Waals surface area contributed by atoms with E-state index in [1.165, 1.54) is 4.90 Å². The first-order valence-electron chi connectivity index (χ1n) is 9.86. The Hall–Kier alpha value is -3.12. The molecule has 0 unspecified atom stereocenters. The van der Waals surface area contributed by atoms with Gasteiger partial charge in [-0.3, -0.25) is 9.59 Å². The lowest BCUT2D eigenvalue weighted by molar-refractivity contribution is -0.121. The van der Waals surface area contributed by atoms with Gasteiger partial charge in [0.2, 0.25) is 0 Å². The van der Waals surface area contributed by atoms with Gasteiger partial charge in [-0.05, 0) is 49.2 Å². The predicted molar refractivity (Wildman–Crippen MR) is 111 cm³/mol. The lowest BCUT2D eigenvalue weighted by Crippen LogP contribution is -2.40. The van der Waals surface area contributed by atoms with Gasteiger partial charge in [-0.15, -0.1) is 0 Å². The number of hydrogen-bond donors (Lipinski definition) is 0. The van der Waals surface area contributed by atoms with E-state index in [1.54, 1.807) is 6.07 Å². The fourth-order valence-electron chi connectivity index (χ4n) is 3.74. The maximum atomic E-state index is 13.4. The van der Waals surface area contributed by atoms with E-state index in [9.17, 15) is 9.59 Å². The van der Waals surface area contributed by atoms with Crippen LogP contribution in [0.1, 0.15) is 18.1 Å². The lowest BCUT2D eigenvalue weighted by Gasteiger charge is -2.29. The molecule has 0 spiro atoms. The van der Waals surface area contributed by atoms with Crippen molar-refractivity contribution >= 4 is 23.1 Å². The molecule has 1 fully saturated rings. The van der Waals surface area contributed by atoms with Crippen molar-refractivity contribution in [3.05, 3.63) is 65.4 Å². The average molecular weight is 392 g/mol. The molecule has 4 rings (SSSR count). The van der Waals surface area contributed by atoms with Gasteiger partial charge < -0.3 is 14.4 Å². The molecule has 0 saturated carbocycles. The summed E-state index contributed by atoms with van der Waals surface area (Å²) in [5.41, 5.74) is 3.17. The highest BCUT2D eigenvalue weighted by Crippen LogP contribution is 2.35. The first-order valence-corrected chi connectivity index (χ1v) is 9.86. The third kappa shape index (κ3) is 3.63. The molecule has 2 heterocycles. The maximum Gasteiger partial charge on any atom is 0.282 e. The quantitative estimate of drug-likeness (QED) is 0.732. The highest BCUT2D eigenvalue weighted by Gasteiger charge is 2.42. The maximum absolute atomic E-state index is 13.4. The van der Waals surface area contributed by atoms with E-state index in [0.717, 1.165) is 11.3 Å². The van der Waals surface area contributed by atoms with E-state index in [2.05, 4.69) is 0 Å². The van der Waals surface area contributed by atoms with Crippen molar-refractivity contribution in [1.29, 1.82) is 0 Å². The molecule has 0 radical (unpaired) electrons. The molecule has 2 aromatic rings. The second kappa shape index (κ2) is 8.09. The molecule has 29 heavy (non-hydrogen) atoms. The fourth-order valence-corrected chi connectivity index (χ4v) is 3.74. The number of carbonyl (C=O) groups is 2. The van der Waals surface area contributed by atoms with Gasteiger partial charge in [0.25, 0.3) is 11.8 Å². The molecule has 1 saturated heterocycles. The summed E-state index contributed by atoms with van der Waals surface area (Å²) in [5.74, 6) is 0.148. The van der Waals surface area contributed by atoms with Crippen molar-refractivity contribution in [2.75, 3.05) is 37.8 Å². The van der Waals surface area contributed by atoms with Crippen LogP contribution in [0.3, 0.4) is 0 Å². The van der Waals surface area contributed by atoms with Crippen LogP contribution in [0, 0.1) is 6.92 Å². The monoisotopic (exact) mass is 392 g/mol. The normalized spacial score (nSPS) is 17.3. The summed E-state index contributed by atoms with van der Waals surface area (Å²) in [6, 6.07) is 14.8. The van der Waals surface area contributed by atoms with E-state index in [-0.39, 0.29) is 11.8 Å². The zero-order chi connectivity index (χ0) is 20.4. The van der Waals surface area contributed by atoms with Crippen molar-refractivity contribution in [3.8, 4) is 5.75 Å². The molecule has 6 heteroatoms. The number of anilines is 1. The standard InChI is InChI=1S/C23H24N2O4/c1-3-29-19-9-7-17(8-10-19)20-21(24-11-13-28-14-12-24)23(27)25(22(20)26)18-6-4-5-16(2)15-18/h4-10,15H,3,11-14H2,1-2H3. The number of nitrogens with zero attached hydrogens (tertiary/aromatic N) is 2. The number of rotatable bonds is 5. The Morgan fingerprint density at radius 1 is 1.00 bits per heavy atom. The summed E-state index contributed by atoms with van der Waals surface area (Å²) in [6.07, 6.45) is 0. The summed E-state index contributed by atoms with van der Waals surface area (Å²) < 4.78 is 11.0. The van der Waals surface area contributed by atoms with Crippen molar-refractivity contribution in [3.63, 3.8) is 0 Å². The van der Waals surface area contributed by atoms with E-state index >= 15 is 0 Å². The third-order valence-corrected chi connectivity index (χ3v) is 5.10. The zero-order valence-electron chi connectivity index (χ0n) is 16.7. The highest BCUT2D eigenvalue weighted by atomic mass is 16.5. The number of ether oxygens (including phenoxy) is 2. The molecule has 2 aliphatic heterocycles. The van der Waals surface area contributed by atoms with Crippen molar-refractivity contribution in [2.24, 2.45) is 0 Å². The number of aryl methyl sites for hydroxylation is 1. The Labute approximate surface area is 170 Å². The van der Waals surface area contributed by atoms with Crippen LogP contribution in [0.25, 0.3) is 5.57 Å². The molecular weight excluding hydrogens is 368 g/mol. The molecule has 6 nitrogen and oxygen atoms in total. The Balaban J connectivity index is 1.78. The summed E-state index contributed by atoms with van der Waals surface area (Å²) >= 11 is 0. The van der Waals surface area contributed by atoms with Crippen LogP contribution in [0.15, 0.2) is 54.2 Å². The first-order chi connectivity index (χ1) is 14.1. The predicted octanol–water partition coefficient (Wildman–Crippen LogP) is 3.01. The van der Waals surface area contributed by atoms with Crippen LogP contribution in [0.4, 0.5) is 5.69 Å². The molecule has 2 aliphatic rings. The van der Waals surface area contributed by atoms with Gasteiger partial charge in [-0.25, -0.2) is 4.90 Å². The SMILES string of the molecule is CCOc1ccc(C2=C(N3CCOCC3)C(=O)N(c3cccc(C)c3)C2=O)cc1. The molecule has 150 valence electrons. The summed E-state index contributed by atoms with van der Waals surface area (Å²) in [4.78, 5) is 30.1. The number of hydrogen-bond acceptors (Lipinski definition) is 5. The summed E-state index contributed by atoms with van der Waals surface area (Å²) in [5, 5.41) is 0. The smallest absolute Gasteiger partial charge is 0.282 e. The van der Waals surface area contributed by atoms with Crippen LogP contribution in [-0.2, 0) is 14.3 Å². The summed E-state index contributed by atoms with van der Waals surface area (Å²) in [6.45, 7) is 6.66. The number of imide groups is 1. The molecule has 0 N–H and O–H groups in total. The second-order valence-corrected chi connectivity index (χ2v) is 7.07. The Morgan fingerprint density at radius 3 is 2.38 bits per heavy atom. The minimum atomic E-state index is -0.300. The average Bonchev–Trinajstić information content (AvgIpc) is 2.99. The van der Waals surface area contributed by atoms with Crippen LogP contribution in [0.2, 0.25) is 0 Å². The highest BCUT2D eigenvalue weighted by molar-refractivity contribution is 6.45. The number of carbonyl (C=O) groups excluding carboxylic acids is 2. The fraction of sp³-hybridized carbons (Fsp3) is 0.304. The second-order valence-electron chi connectivity index (χ2n) is 7.07. The van der Waals surface area contributed by atoms with E-state index in [1.807, 2.05) is 61.2 Å². The van der Waals surface area contributed by atoms with Crippen LogP contribution < -0.4 is 9.64 Å².